The van der Waals surface area contributed by atoms with Gasteiger partial charge in [0.2, 0.25) is 0 Å². The molecule has 0 radical (unpaired) electrons. The summed E-state index contributed by atoms with van der Waals surface area (Å²) in [7, 11) is 1.65. The largest absolute Gasteiger partial charge is 0.382 e. The number of fused-ring (bicyclic) bond motifs is 1. The maximum absolute atomic E-state index is 5.54. The SMILES string of the molecule is CCNc1nc(COCCOCCOC)nc2sccc12. The maximum Gasteiger partial charge on any atom is 0.158 e. The molecule has 0 bridgehead atoms. The normalized spacial score (nSPS) is 11.1. The fourth-order valence-electron chi connectivity index (χ4n) is 1.79. The number of thiophene rings is 1. The standard InChI is InChI=1S/C14H21N3O3S/c1-3-15-13-11-4-9-21-14(11)17-12(16-13)10-20-8-7-19-6-5-18-2/h4,9H,3,5-8,10H2,1-2H3,(H,15,16,17). The van der Waals surface area contributed by atoms with E-state index >= 15 is 0 Å². The lowest BCUT2D eigenvalue weighted by Gasteiger charge is -2.08. The van der Waals surface area contributed by atoms with E-state index in [1.165, 1.54) is 0 Å². The first-order valence-corrected chi connectivity index (χ1v) is 7.85. The summed E-state index contributed by atoms with van der Waals surface area (Å²) in [5.41, 5.74) is 0. The number of nitrogens with zero attached hydrogens (tertiary/aromatic N) is 2. The summed E-state index contributed by atoms with van der Waals surface area (Å²) in [5, 5.41) is 6.35. The number of methoxy groups -OCH3 is 1. The first-order valence-electron chi connectivity index (χ1n) is 6.97. The van der Waals surface area contributed by atoms with E-state index in [-0.39, 0.29) is 0 Å². The molecule has 0 aliphatic heterocycles. The van der Waals surface area contributed by atoms with E-state index in [1.54, 1.807) is 18.4 Å². The van der Waals surface area contributed by atoms with Crippen LogP contribution in [-0.4, -0.2) is 50.1 Å². The van der Waals surface area contributed by atoms with Crippen LogP contribution in [0, 0.1) is 0 Å². The van der Waals surface area contributed by atoms with Crippen LogP contribution in [-0.2, 0) is 20.8 Å². The Kier molecular flexibility index (Phi) is 6.81. The lowest BCUT2D eigenvalue weighted by molar-refractivity contribution is 0.0185. The molecule has 7 heteroatoms. The smallest absolute Gasteiger partial charge is 0.158 e. The van der Waals surface area contributed by atoms with Crippen molar-refractivity contribution >= 4 is 27.4 Å². The van der Waals surface area contributed by atoms with Gasteiger partial charge in [0.05, 0.1) is 31.8 Å². The van der Waals surface area contributed by atoms with E-state index in [1.807, 2.05) is 18.4 Å². The van der Waals surface area contributed by atoms with Crippen LogP contribution in [0.3, 0.4) is 0 Å². The van der Waals surface area contributed by atoms with E-state index in [9.17, 15) is 0 Å². The summed E-state index contributed by atoms with van der Waals surface area (Å²) in [6.07, 6.45) is 0. The summed E-state index contributed by atoms with van der Waals surface area (Å²) in [5.74, 6) is 1.57. The summed E-state index contributed by atoms with van der Waals surface area (Å²) in [4.78, 5) is 10.00. The van der Waals surface area contributed by atoms with Crippen molar-refractivity contribution in [1.82, 2.24) is 9.97 Å². The van der Waals surface area contributed by atoms with Crippen LogP contribution in [0.4, 0.5) is 5.82 Å². The molecule has 0 aromatic carbocycles. The van der Waals surface area contributed by atoms with Gasteiger partial charge in [-0.1, -0.05) is 0 Å². The quantitative estimate of drug-likeness (QED) is 0.679. The highest BCUT2D eigenvalue weighted by Crippen LogP contribution is 2.25. The Morgan fingerprint density at radius 1 is 1.14 bits per heavy atom. The lowest BCUT2D eigenvalue weighted by atomic mass is 10.3. The molecule has 2 rings (SSSR count). The molecule has 21 heavy (non-hydrogen) atoms. The number of rotatable bonds is 10. The average molecular weight is 311 g/mol. The van der Waals surface area contributed by atoms with E-state index in [4.69, 9.17) is 14.2 Å². The third-order valence-corrected chi connectivity index (χ3v) is 3.56. The van der Waals surface area contributed by atoms with Crippen molar-refractivity contribution in [2.45, 2.75) is 13.5 Å². The third-order valence-electron chi connectivity index (χ3n) is 2.75. The molecule has 0 unspecified atom stereocenters. The number of nitrogens with one attached hydrogen (secondary N) is 1. The van der Waals surface area contributed by atoms with Crippen LogP contribution in [0.1, 0.15) is 12.7 Å². The Morgan fingerprint density at radius 3 is 2.76 bits per heavy atom. The van der Waals surface area contributed by atoms with Gasteiger partial charge in [-0.2, -0.15) is 0 Å². The number of hydrogen-bond donors (Lipinski definition) is 1. The third kappa shape index (κ3) is 4.89. The van der Waals surface area contributed by atoms with Crippen molar-refractivity contribution in [2.75, 3.05) is 45.4 Å². The zero-order valence-corrected chi connectivity index (χ0v) is 13.2. The Hall–Kier alpha value is -1.28. The average Bonchev–Trinajstić information content (AvgIpc) is 2.95. The van der Waals surface area contributed by atoms with Gasteiger partial charge in [0, 0.05) is 13.7 Å². The van der Waals surface area contributed by atoms with Crippen molar-refractivity contribution in [2.24, 2.45) is 0 Å². The Labute approximate surface area is 128 Å². The van der Waals surface area contributed by atoms with Gasteiger partial charge in [-0.3, -0.25) is 0 Å². The molecule has 6 nitrogen and oxygen atoms in total. The number of anilines is 1. The summed E-state index contributed by atoms with van der Waals surface area (Å²) < 4.78 is 15.8. The highest BCUT2D eigenvalue weighted by molar-refractivity contribution is 7.16. The first kappa shape index (κ1) is 16.1. The number of ether oxygens (including phenoxy) is 3. The van der Waals surface area contributed by atoms with Gasteiger partial charge in [-0.25, -0.2) is 9.97 Å². The van der Waals surface area contributed by atoms with Crippen molar-refractivity contribution in [3.8, 4) is 0 Å². The minimum Gasteiger partial charge on any atom is -0.382 e. The topological polar surface area (TPSA) is 65.5 Å². The van der Waals surface area contributed by atoms with Gasteiger partial charge in [0.15, 0.2) is 5.82 Å². The molecule has 2 aromatic rings. The van der Waals surface area contributed by atoms with Gasteiger partial charge < -0.3 is 19.5 Å². The van der Waals surface area contributed by atoms with Crippen LogP contribution in [0.2, 0.25) is 0 Å². The minimum atomic E-state index is 0.389. The maximum atomic E-state index is 5.54. The molecule has 0 amide bonds. The molecule has 0 aliphatic carbocycles. The molecular formula is C14H21N3O3S. The predicted octanol–water partition coefficient (Wildman–Crippen LogP) is 2.30. The Balaban J connectivity index is 1.84. The van der Waals surface area contributed by atoms with E-state index in [0.29, 0.717) is 38.9 Å². The summed E-state index contributed by atoms with van der Waals surface area (Å²) >= 11 is 1.61. The fourth-order valence-corrected chi connectivity index (χ4v) is 2.57. The highest BCUT2D eigenvalue weighted by atomic mass is 32.1. The van der Waals surface area contributed by atoms with Crippen molar-refractivity contribution < 1.29 is 14.2 Å². The molecule has 0 aliphatic rings. The Morgan fingerprint density at radius 2 is 1.95 bits per heavy atom. The Bertz CT molecular complexity index is 547. The minimum absolute atomic E-state index is 0.389. The second kappa shape index (κ2) is 8.89. The molecule has 0 fully saturated rings. The first-order chi connectivity index (χ1) is 10.3. The second-order valence-corrected chi connectivity index (χ2v) is 5.21. The van der Waals surface area contributed by atoms with Crippen LogP contribution >= 0.6 is 11.3 Å². The molecule has 2 heterocycles. The van der Waals surface area contributed by atoms with Crippen molar-refractivity contribution in [1.29, 1.82) is 0 Å². The highest BCUT2D eigenvalue weighted by Gasteiger charge is 2.08. The molecule has 116 valence electrons. The number of hydrogen-bond acceptors (Lipinski definition) is 7. The molecular weight excluding hydrogens is 290 g/mol. The molecule has 0 saturated carbocycles. The fraction of sp³-hybridized carbons (Fsp3) is 0.571. The van der Waals surface area contributed by atoms with Crippen LogP contribution in [0.25, 0.3) is 10.2 Å². The molecule has 1 N–H and O–H groups in total. The van der Waals surface area contributed by atoms with Crippen LogP contribution < -0.4 is 5.32 Å². The zero-order valence-electron chi connectivity index (χ0n) is 12.4. The predicted molar refractivity (Wildman–Crippen MR) is 83.9 cm³/mol. The van der Waals surface area contributed by atoms with Gasteiger partial charge in [0.1, 0.15) is 17.3 Å². The second-order valence-electron chi connectivity index (χ2n) is 4.32. The molecule has 0 spiro atoms. The number of aromatic nitrogens is 2. The lowest BCUT2D eigenvalue weighted by Crippen LogP contribution is -2.10. The summed E-state index contributed by atoms with van der Waals surface area (Å²) in [6.45, 7) is 5.52. The van der Waals surface area contributed by atoms with Gasteiger partial charge >= 0.3 is 0 Å². The summed E-state index contributed by atoms with van der Waals surface area (Å²) in [6, 6.07) is 2.03. The molecule has 0 saturated heterocycles. The molecule has 2 aromatic heterocycles. The monoisotopic (exact) mass is 311 g/mol. The van der Waals surface area contributed by atoms with Gasteiger partial charge in [-0.15, -0.1) is 11.3 Å². The molecule has 0 atom stereocenters. The van der Waals surface area contributed by atoms with E-state index in [2.05, 4.69) is 15.3 Å². The van der Waals surface area contributed by atoms with E-state index < -0.39 is 0 Å². The van der Waals surface area contributed by atoms with Crippen LogP contribution in [0.15, 0.2) is 11.4 Å². The zero-order chi connectivity index (χ0) is 14.9. The van der Waals surface area contributed by atoms with Gasteiger partial charge in [0.25, 0.3) is 0 Å². The van der Waals surface area contributed by atoms with Crippen molar-refractivity contribution in [3.05, 3.63) is 17.3 Å². The van der Waals surface area contributed by atoms with Gasteiger partial charge in [-0.05, 0) is 18.4 Å². The van der Waals surface area contributed by atoms with Crippen LogP contribution in [0.5, 0.6) is 0 Å². The van der Waals surface area contributed by atoms with Crippen molar-refractivity contribution in [3.63, 3.8) is 0 Å². The van der Waals surface area contributed by atoms with E-state index in [0.717, 1.165) is 22.6 Å².